The normalized spacial score (nSPS) is 19.5. The van der Waals surface area contributed by atoms with E-state index in [-0.39, 0.29) is 46.8 Å². The zero-order valence-corrected chi connectivity index (χ0v) is 50.2. The highest BCUT2D eigenvalue weighted by Crippen LogP contribution is 2.39. The predicted molar refractivity (Wildman–Crippen MR) is 326 cm³/mol. The van der Waals surface area contributed by atoms with E-state index in [0.717, 1.165) is 87.1 Å². The topological polar surface area (TPSA) is 157 Å². The zero-order valence-electron chi connectivity index (χ0n) is 50.2. The largest absolute Gasteiger partial charge is 0.467 e. The number of aromatic nitrogens is 5. The number of nitrogens with one attached hydrogen (secondary N) is 1. The van der Waals surface area contributed by atoms with Gasteiger partial charge in [0.2, 0.25) is 5.91 Å². The number of halogens is 2. The molecule has 4 aliphatic heterocycles. The third-order valence-electron chi connectivity index (χ3n) is 17.9. The van der Waals surface area contributed by atoms with E-state index in [2.05, 4.69) is 74.7 Å². The lowest BCUT2D eigenvalue weighted by atomic mass is 9.87. The molecule has 83 heavy (non-hydrogen) atoms. The number of aryl methyl sites for hydroxylation is 1. The lowest BCUT2D eigenvalue weighted by Gasteiger charge is -2.35. The molecule has 7 heterocycles. The van der Waals surface area contributed by atoms with Crippen LogP contribution in [0.15, 0.2) is 59.5 Å². The Morgan fingerprint density at radius 2 is 1.71 bits per heavy atom. The Morgan fingerprint density at radius 3 is 2.41 bits per heavy atom. The molecule has 446 valence electrons. The van der Waals surface area contributed by atoms with Gasteiger partial charge in [-0.3, -0.25) is 28.6 Å². The summed E-state index contributed by atoms with van der Waals surface area (Å²) in [5, 5.41) is 4.32. The number of methoxy groups -OCH3 is 1. The molecule has 15 nitrogen and oxygen atoms in total. The molecule has 0 spiro atoms. The number of carbonyl (C=O) groups is 3. The number of rotatable bonds is 19. The van der Waals surface area contributed by atoms with Crippen molar-refractivity contribution in [2.45, 2.75) is 155 Å². The van der Waals surface area contributed by atoms with Crippen LogP contribution in [-0.2, 0) is 26.2 Å². The molecular weight excluding hydrogens is 1050 g/mol. The van der Waals surface area contributed by atoms with Crippen LogP contribution in [0.3, 0.4) is 0 Å². The van der Waals surface area contributed by atoms with Crippen molar-refractivity contribution in [1.29, 1.82) is 0 Å². The number of ether oxygens (including phenoxy) is 2. The Hall–Kier alpha value is -6.77. The van der Waals surface area contributed by atoms with Crippen molar-refractivity contribution in [3.05, 3.63) is 88.0 Å². The number of para-hydroxylation sites is 1. The van der Waals surface area contributed by atoms with Crippen molar-refractivity contribution < 1.29 is 32.6 Å². The second-order valence-corrected chi connectivity index (χ2v) is 23.6. The van der Waals surface area contributed by atoms with Crippen LogP contribution in [0, 0.1) is 41.7 Å². The SMILES string of the molecule is C#Cc1c(F)ccc2cccc(-c3ncc4c(N5CCCC(C)C5)nc(OC)nc4c3F)c12.CC(=O)OCC1CCC2CCCN21.CCCC(CCC(C)CC)CN1CCC(c2cccc3c2n(C)c(=O)n3C(CCC=O)C(=O)NC)CC1. The van der Waals surface area contributed by atoms with Crippen LogP contribution in [0.25, 0.3) is 44.0 Å². The molecule has 1 N–H and O–H groups in total. The third kappa shape index (κ3) is 14.4. The van der Waals surface area contributed by atoms with Gasteiger partial charge in [-0.1, -0.05) is 89.3 Å². The standard InChI is InChI=1S/C30H48N4O3.C26H22F2N4O.C10H17NO2/c1-6-10-23(15-14-22(3)7-2)21-33-18-16-24(17-19-33)25-11-8-12-26-28(25)32(5)30(37)34(26)27(13-9-20-35)29(36)31-4;1-4-17-20(27)11-10-16-8-5-9-18(21(16)17)23-22(28)24-19(13-29-23)25(31-26(30-24)33-3)32-12-6-7-15(2)14-32;1-8(12)13-7-10-5-4-9-3-2-6-11(9)10/h8,11-12,20,22-24,27H,6-7,9-10,13-19,21H2,1-5H3,(H,31,36);1,5,8-11,13,15H,6-7,12,14H2,2-3H3;9-10H,2-7H2,1H3. The van der Waals surface area contributed by atoms with Gasteiger partial charge in [-0.2, -0.15) is 9.97 Å². The van der Waals surface area contributed by atoms with Gasteiger partial charge in [0.15, 0.2) is 5.82 Å². The summed E-state index contributed by atoms with van der Waals surface area (Å²) in [6.45, 7) is 17.4. The summed E-state index contributed by atoms with van der Waals surface area (Å²) in [6, 6.07) is 15.0. The average Bonchev–Trinajstić information content (AvgIpc) is 3.70. The number of hydrogen-bond donors (Lipinski definition) is 1. The van der Waals surface area contributed by atoms with Gasteiger partial charge in [0, 0.05) is 76.3 Å². The number of likely N-dealkylation sites (N-methyl/N-ethyl adjacent to an activating group) is 1. The Labute approximate surface area is 488 Å². The summed E-state index contributed by atoms with van der Waals surface area (Å²) < 4.78 is 44.1. The fourth-order valence-corrected chi connectivity index (χ4v) is 13.3. The molecule has 4 fully saturated rings. The summed E-state index contributed by atoms with van der Waals surface area (Å²) in [7, 11) is 4.82. The van der Waals surface area contributed by atoms with Crippen molar-refractivity contribution in [3.63, 3.8) is 0 Å². The maximum absolute atomic E-state index is 16.0. The molecule has 6 unspecified atom stereocenters. The van der Waals surface area contributed by atoms with E-state index in [0.29, 0.717) is 58.4 Å². The smallest absolute Gasteiger partial charge is 0.329 e. The number of carbonyl (C=O) groups excluding carboxylic acids is 3. The lowest BCUT2D eigenvalue weighted by Crippen LogP contribution is -2.36. The minimum atomic E-state index is -0.700. The maximum atomic E-state index is 16.0. The third-order valence-corrected chi connectivity index (χ3v) is 17.9. The molecule has 0 aliphatic carbocycles. The molecular formula is C66H87F2N9O6. The maximum Gasteiger partial charge on any atom is 0.329 e. The summed E-state index contributed by atoms with van der Waals surface area (Å²) in [5.41, 5.74) is 3.33. The van der Waals surface area contributed by atoms with Crippen molar-refractivity contribution in [2.75, 3.05) is 64.9 Å². The first-order valence-electron chi connectivity index (χ1n) is 30.4. The second-order valence-electron chi connectivity index (χ2n) is 23.6. The number of hydrogen-bond acceptors (Lipinski definition) is 12. The number of amides is 1. The van der Waals surface area contributed by atoms with Gasteiger partial charge in [0.1, 0.15) is 41.8 Å². The Morgan fingerprint density at radius 1 is 0.940 bits per heavy atom. The molecule has 3 aromatic heterocycles. The van der Waals surface area contributed by atoms with E-state index in [9.17, 15) is 23.6 Å². The summed E-state index contributed by atoms with van der Waals surface area (Å²) in [5.74, 6) is 3.93. The number of piperidine rings is 2. The van der Waals surface area contributed by atoms with E-state index in [1.807, 2.05) is 12.1 Å². The molecule has 0 bridgehead atoms. The molecule has 0 radical (unpaired) electrons. The minimum Gasteiger partial charge on any atom is -0.467 e. The van der Waals surface area contributed by atoms with Gasteiger partial charge in [-0.05, 0) is 137 Å². The quantitative estimate of drug-likeness (QED) is 0.0466. The highest BCUT2D eigenvalue weighted by Gasteiger charge is 2.37. The van der Waals surface area contributed by atoms with Crippen molar-refractivity contribution in [3.8, 4) is 29.6 Å². The van der Waals surface area contributed by atoms with Crippen molar-refractivity contribution in [2.24, 2.45) is 24.8 Å². The fourth-order valence-electron chi connectivity index (χ4n) is 13.3. The second kappa shape index (κ2) is 29.2. The summed E-state index contributed by atoms with van der Waals surface area (Å²) in [6.07, 6.45) is 24.5. The molecule has 3 aromatic carbocycles. The predicted octanol–water partition coefficient (Wildman–Crippen LogP) is 11.6. The van der Waals surface area contributed by atoms with E-state index in [1.165, 1.54) is 96.5 Å². The van der Waals surface area contributed by atoms with Gasteiger partial charge in [-0.15, -0.1) is 6.42 Å². The number of benzene rings is 3. The first-order chi connectivity index (χ1) is 40.1. The number of likely N-dealkylation sites (tertiary alicyclic amines) is 1. The average molecular weight is 1140 g/mol. The highest BCUT2D eigenvalue weighted by atomic mass is 19.1. The van der Waals surface area contributed by atoms with Crippen LogP contribution in [0.1, 0.15) is 154 Å². The van der Waals surface area contributed by atoms with Crippen LogP contribution in [0.5, 0.6) is 6.01 Å². The van der Waals surface area contributed by atoms with Gasteiger partial charge < -0.3 is 29.4 Å². The number of imidazole rings is 1. The molecule has 0 saturated carbocycles. The van der Waals surface area contributed by atoms with Gasteiger partial charge in [0.05, 0.1) is 29.1 Å². The molecule has 4 saturated heterocycles. The number of fused-ring (bicyclic) bond motifs is 4. The fraction of sp³-hybridized carbons (Fsp3) is 0.561. The zero-order chi connectivity index (χ0) is 59.3. The first kappa shape index (κ1) is 62.3. The number of aldehydes is 1. The molecule has 1 amide bonds. The van der Waals surface area contributed by atoms with E-state index in [4.69, 9.17) is 15.9 Å². The molecule has 6 atom stereocenters. The van der Waals surface area contributed by atoms with Crippen molar-refractivity contribution in [1.82, 2.24) is 39.2 Å². The van der Waals surface area contributed by atoms with Crippen LogP contribution in [0.4, 0.5) is 14.6 Å². The van der Waals surface area contributed by atoms with E-state index >= 15 is 4.39 Å². The number of esters is 1. The number of terminal acetylenes is 1. The van der Waals surface area contributed by atoms with Gasteiger partial charge in [0.25, 0.3) is 0 Å². The Kier molecular flexibility index (Phi) is 21.9. The minimum absolute atomic E-state index is 0.0499. The van der Waals surface area contributed by atoms with E-state index in [1.54, 1.807) is 53.7 Å². The Bertz CT molecular complexity index is 3310. The monoisotopic (exact) mass is 1140 g/mol. The molecule has 17 heteroatoms. The van der Waals surface area contributed by atoms with Crippen LogP contribution in [-0.4, -0.2) is 124 Å². The first-order valence-corrected chi connectivity index (χ1v) is 30.4. The van der Waals surface area contributed by atoms with Crippen LogP contribution < -0.4 is 20.6 Å². The van der Waals surface area contributed by atoms with Gasteiger partial charge in [-0.25, -0.2) is 13.6 Å². The number of nitrogens with zero attached hydrogens (tertiary/aromatic N) is 8. The molecule has 10 rings (SSSR count). The van der Waals surface area contributed by atoms with Crippen molar-refractivity contribution >= 4 is 56.7 Å². The van der Waals surface area contributed by atoms with Crippen LogP contribution in [0.2, 0.25) is 0 Å². The van der Waals surface area contributed by atoms with Gasteiger partial charge >= 0.3 is 17.7 Å². The summed E-state index contributed by atoms with van der Waals surface area (Å²) >= 11 is 0. The highest BCUT2D eigenvalue weighted by molar-refractivity contribution is 6.02. The van der Waals surface area contributed by atoms with E-state index < -0.39 is 17.7 Å². The lowest BCUT2D eigenvalue weighted by molar-refractivity contribution is -0.142. The number of anilines is 1. The Balaban J connectivity index is 0.000000179. The molecule has 4 aliphatic rings. The summed E-state index contributed by atoms with van der Waals surface area (Å²) in [4.78, 5) is 68.3. The van der Waals surface area contributed by atoms with Crippen LogP contribution >= 0.6 is 0 Å². The molecule has 6 aromatic rings. The number of pyridine rings is 1.